The van der Waals surface area contributed by atoms with Gasteiger partial charge in [-0.15, -0.1) is 0 Å². The fourth-order valence-electron chi connectivity index (χ4n) is 1.72. The molecular weight excluding hydrogens is 292 g/mol. The number of rotatable bonds is 5. The van der Waals surface area contributed by atoms with Gasteiger partial charge in [-0.1, -0.05) is 5.16 Å². The van der Waals surface area contributed by atoms with Crippen LogP contribution < -0.4 is 4.74 Å². The van der Waals surface area contributed by atoms with Crippen LogP contribution in [0.4, 0.5) is 5.69 Å². The highest BCUT2D eigenvalue weighted by molar-refractivity contribution is 5.78. The molecule has 0 saturated carbocycles. The lowest BCUT2D eigenvalue weighted by Gasteiger charge is -2.03. The van der Waals surface area contributed by atoms with Crippen LogP contribution in [0.2, 0.25) is 0 Å². The molecule has 1 aromatic heterocycles. The molecule has 0 N–H and O–H groups in total. The number of hydrogen-bond acceptors (Lipinski definition) is 7. The number of nitrogens with zero attached hydrogens (tertiary/aromatic N) is 2. The Kier molecular flexibility index (Phi) is 4.52. The highest BCUT2D eigenvalue weighted by atomic mass is 16.7. The van der Waals surface area contributed by atoms with Gasteiger partial charge in [-0.05, 0) is 24.3 Å². The van der Waals surface area contributed by atoms with Crippen LogP contribution in [0.1, 0.15) is 12.7 Å². The summed E-state index contributed by atoms with van der Waals surface area (Å²) in [6.07, 6.45) is 1.23. The molecule has 2 aromatic rings. The average Bonchev–Trinajstić information content (AvgIpc) is 2.95. The van der Waals surface area contributed by atoms with Gasteiger partial charge in [0, 0.05) is 18.6 Å². The van der Waals surface area contributed by atoms with Crippen molar-refractivity contribution in [3.05, 3.63) is 46.2 Å². The minimum absolute atomic E-state index is 0.161. The first kappa shape index (κ1) is 15.2. The number of benzene rings is 1. The zero-order chi connectivity index (χ0) is 16.1. The van der Waals surface area contributed by atoms with E-state index in [1.54, 1.807) is 18.2 Å². The summed E-state index contributed by atoms with van der Waals surface area (Å²) in [5.74, 6) is 0.371. The van der Waals surface area contributed by atoms with Crippen molar-refractivity contribution < 1.29 is 23.7 Å². The van der Waals surface area contributed by atoms with Gasteiger partial charge in [-0.2, -0.15) is 0 Å². The number of hydrogen-bond donors (Lipinski definition) is 0. The van der Waals surface area contributed by atoms with Crippen molar-refractivity contribution in [2.75, 3.05) is 7.11 Å². The van der Waals surface area contributed by atoms with Gasteiger partial charge in [0.15, 0.2) is 5.75 Å². The molecular formula is C14H12N2O6. The van der Waals surface area contributed by atoms with Crippen molar-refractivity contribution in [3.8, 4) is 17.1 Å². The third-order valence-corrected chi connectivity index (χ3v) is 2.65. The van der Waals surface area contributed by atoms with E-state index in [2.05, 4.69) is 9.99 Å². The first-order valence-electron chi connectivity index (χ1n) is 6.15. The smallest absolute Gasteiger partial charge is 0.331 e. The molecule has 0 atom stereocenters. The topological polar surface area (TPSA) is 104 Å². The Morgan fingerprint density at radius 1 is 1.36 bits per heavy atom. The van der Waals surface area contributed by atoms with Crippen molar-refractivity contribution >= 4 is 17.9 Å². The maximum Gasteiger partial charge on any atom is 0.331 e. The number of carbonyl (C=O) groups excluding carboxylic acids is 1. The third kappa shape index (κ3) is 3.48. The van der Waals surface area contributed by atoms with E-state index in [1.165, 1.54) is 32.4 Å². The Balaban J connectivity index is 2.27. The van der Waals surface area contributed by atoms with E-state index in [-0.39, 0.29) is 11.4 Å². The number of ether oxygens (including phenoxy) is 1. The van der Waals surface area contributed by atoms with Crippen molar-refractivity contribution in [1.82, 2.24) is 0 Å². The molecule has 8 heteroatoms. The summed E-state index contributed by atoms with van der Waals surface area (Å²) in [5.41, 5.74) is 0.353. The van der Waals surface area contributed by atoms with Crippen LogP contribution in [-0.2, 0) is 9.63 Å². The van der Waals surface area contributed by atoms with Gasteiger partial charge in [-0.25, -0.2) is 4.79 Å². The van der Waals surface area contributed by atoms with Gasteiger partial charge in [-0.3, -0.25) is 10.1 Å². The fourth-order valence-corrected chi connectivity index (χ4v) is 1.72. The maximum atomic E-state index is 11.0. The zero-order valence-electron chi connectivity index (χ0n) is 11.8. The molecule has 22 heavy (non-hydrogen) atoms. The second-order valence-electron chi connectivity index (χ2n) is 4.16. The van der Waals surface area contributed by atoms with Gasteiger partial charge in [0.25, 0.3) is 0 Å². The second-order valence-corrected chi connectivity index (χ2v) is 4.16. The van der Waals surface area contributed by atoms with Gasteiger partial charge < -0.3 is 14.0 Å². The van der Waals surface area contributed by atoms with Crippen LogP contribution in [0.3, 0.4) is 0 Å². The number of oxime groups is 1. The van der Waals surface area contributed by atoms with Crippen molar-refractivity contribution in [2.24, 2.45) is 5.16 Å². The summed E-state index contributed by atoms with van der Waals surface area (Å²) in [7, 11) is 1.36. The average molecular weight is 304 g/mol. The third-order valence-electron chi connectivity index (χ3n) is 2.65. The monoisotopic (exact) mass is 304 g/mol. The highest BCUT2D eigenvalue weighted by Crippen LogP contribution is 2.32. The van der Waals surface area contributed by atoms with E-state index in [1.807, 2.05) is 0 Å². The first-order valence-corrected chi connectivity index (χ1v) is 6.15. The van der Waals surface area contributed by atoms with Gasteiger partial charge >= 0.3 is 11.7 Å². The highest BCUT2D eigenvalue weighted by Gasteiger charge is 2.17. The van der Waals surface area contributed by atoms with Gasteiger partial charge in [0.1, 0.15) is 17.7 Å². The Labute approximate surface area is 125 Å². The van der Waals surface area contributed by atoms with Crippen LogP contribution in [0.5, 0.6) is 5.75 Å². The Morgan fingerprint density at radius 3 is 2.77 bits per heavy atom. The lowest BCUT2D eigenvalue weighted by Crippen LogP contribution is -1.93. The Bertz CT molecular complexity index is 735. The number of nitro benzene ring substituents is 1. The summed E-state index contributed by atoms with van der Waals surface area (Å²) in [4.78, 5) is 25.5. The molecule has 0 spiro atoms. The fraction of sp³-hybridized carbons (Fsp3) is 0.143. The minimum Gasteiger partial charge on any atom is -0.490 e. The van der Waals surface area contributed by atoms with Crippen molar-refractivity contribution in [1.29, 1.82) is 0 Å². The van der Waals surface area contributed by atoms with Crippen LogP contribution in [0.15, 0.2) is 39.9 Å². The lowest BCUT2D eigenvalue weighted by molar-refractivity contribution is -0.385. The SMILES string of the molecule is COc1ccc(-c2ccc(/C=N\OC(C)=O)o2)cc1[N+](=O)[O-]. The van der Waals surface area contributed by atoms with E-state index in [9.17, 15) is 14.9 Å². The van der Waals surface area contributed by atoms with Crippen LogP contribution in [0.25, 0.3) is 11.3 Å². The molecule has 0 saturated heterocycles. The predicted molar refractivity (Wildman–Crippen MR) is 76.7 cm³/mol. The quantitative estimate of drug-likeness (QED) is 0.364. The van der Waals surface area contributed by atoms with E-state index in [0.717, 1.165) is 0 Å². The molecule has 0 bridgehead atoms. The van der Waals surface area contributed by atoms with E-state index in [4.69, 9.17) is 9.15 Å². The van der Waals surface area contributed by atoms with Crippen molar-refractivity contribution in [3.63, 3.8) is 0 Å². The standard InChI is InChI=1S/C14H12N2O6/c1-9(17)22-15-8-11-4-6-13(21-11)10-3-5-14(20-2)12(7-10)16(18)19/h3-8H,1-2H3/b15-8-. The number of nitro groups is 1. The minimum atomic E-state index is -0.547. The van der Waals surface area contributed by atoms with Crippen molar-refractivity contribution in [2.45, 2.75) is 6.92 Å². The number of carbonyl (C=O) groups is 1. The summed E-state index contributed by atoms with van der Waals surface area (Å²) in [6.45, 7) is 1.22. The summed E-state index contributed by atoms with van der Waals surface area (Å²) < 4.78 is 10.4. The first-order chi connectivity index (χ1) is 10.5. The number of furan rings is 1. The molecule has 1 heterocycles. The molecule has 0 unspecified atom stereocenters. The van der Waals surface area contributed by atoms with Crippen LogP contribution >= 0.6 is 0 Å². The molecule has 0 aliphatic carbocycles. The summed E-state index contributed by atoms with van der Waals surface area (Å²) >= 11 is 0. The lowest BCUT2D eigenvalue weighted by atomic mass is 10.1. The predicted octanol–water partition coefficient (Wildman–Crippen LogP) is 2.76. The van der Waals surface area contributed by atoms with Gasteiger partial charge in [0.05, 0.1) is 12.0 Å². The molecule has 0 amide bonds. The van der Waals surface area contributed by atoms with E-state index >= 15 is 0 Å². The molecule has 114 valence electrons. The number of methoxy groups -OCH3 is 1. The molecule has 1 aromatic carbocycles. The summed E-state index contributed by atoms with van der Waals surface area (Å²) in [5, 5.41) is 14.4. The largest absolute Gasteiger partial charge is 0.490 e. The van der Waals surface area contributed by atoms with Crippen LogP contribution in [-0.4, -0.2) is 24.2 Å². The Morgan fingerprint density at radius 2 is 2.14 bits per heavy atom. The van der Waals surface area contributed by atoms with E-state index < -0.39 is 10.9 Å². The summed E-state index contributed by atoms with van der Waals surface area (Å²) in [6, 6.07) is 7.70. The molecule has 0 aliphatic heterocycles. The molecule has 8 nitrogen and oxygen atoms in total. The Hall–Kier alpha value is -3.16. The zero-order valence-corrected chi connectivity index (χ0v) is 11.8. The molecule has 0 fully saturated rings. The van der Waals surface area contributed by atoms with Gasteiger partial charge in [0.2, 0.25) is 0 Å². The normalized spacial score (nSPS) is 10.6. The van der Waals surface area contributed by atoms with Crippen LogP contribution in [0, 0.1) is 10.1 Å². The van der Waals surface area contributed by atoms with E-state index in [0.29, 0.717) is 17.1 Å². The molecule has 2 rings (SSSR count). The second kappa shape index (κ2) is 6.53. The molecule has 0 aliphatic rings. The maximum absolute atomic E-state index is 11.0. The molecule has 0 radical (unpaired) electrons.